The highest BCUT2D eigenvalue weighted by Crippen LogP contribution is 2.86. The molecule has 10 heteroatoms. The van der Waals surface area contributed by atoms with Crippen molar-refractivity contribution in [3.63, 3.8) is 0 Å². The third kappa shape index (κ3) is 6.68. The number of amides is 1. The van der Waals surface area contributed by atoms with Gasteiger partial charge < -0.3 is 33.6 Å². The lowest BCUT2D eigenvalue weighted by Crippen LogP contribution is -2.48. The summed E-state index contributed by atoms with van der Waals surface area (Å²) in [6, 6.07) is 33.2. The number of hydrogen-bond acceptors (Lipinski definition) is 9. The number of fused-ring (bicyclic) bond motifs is 3. The standard InChI is InChI=1S/C55H59N3O7/c1-37(2)51(61)64-33-32-63-49(60)23-22-48(59)58-30-28-56(29-31-58)40-20-18-39(19-21-40)54(38-14-8-6-9-15-38)25-24-44-50(65-54)41-34-47(62-5)46(57-26-12-7-13-27-57)35-45(41)53-36-55(44,53)52(3,4)42-16-10-11-17-43(42)53/h6,8-11,14-21,24-25,34-35H,1,7,12-13,22-23,26-33,36H2,2-5H3. The van der Waals surface area contributed by atoms with E-state index in [9.17, 15) is 14.4 Å². The van der Waals surface area contributed by atoms with Crippen molar-refractivity contribution in [2.45, 2.75) is 75.7 Å². The molecule has 0 aromatic heterocycles. The highest BCUT2D eigenvalue weighted by atomic mass is 16.6. The van der Waals surface area contributed by atoms with E-state index in [0.29, 0.717) is 26.2 Å². The minimum absolute atomic E-state index is 0.0287. The van der Waals surface area contributed by atoms with Crippen molar-refractivity contribution in [3.8, 4) is 5.75 Å². The molecule has 3 heterocycles. The minimum atomic E-state index is -0.906. The topological polar surface area (TPSA) is 97.8 Å². The van der Waals surface area contributed by atoms with Crippen molar-refractivity contribution in [2.75, 3.05) is 69.4 Å². The monoisotopic (exact) mass is 873 g/mol. The van der Waals surface area contributed by atoms with Crippen molar-refractivity contribution in [1.29, 1.82) is 0 Å². The number of methoxy groups -OCH3 is 1. The van der Waals surface area contributed by atoms with Crippen LogP contribution < -0.4 is 14.5 Å². The van der Waals surface area contributed by atoms with Crippen LogP contribution in [0.4, 0.5) is 11.4 Å². The number of piperidine rings is 1. The lowest BCUT2D eigenvalue weighted by molar-refractivity contribution is -0.151. The summed E-state index contributed by atoms with van der Waals surface area (Å²) in [5.74, 6) is 0.717. The summed E-state index contributed by atoms with van der Waals surface area (Å²) in [6.45, 7) is 14.4. The number of allylic oxidation sites excluding steroid dienone is 2. The number of nitrogens with zero attached hydrogens (tertiary/aromatic N) is 3. The molecule has 4 aromatic carbocycles. The van der Waals surface area contributed by atoms with Crippen LogP contribution in [-0.2, 0) is 45.0 Å². The molecule has 3 aliphatic carbocycles. The van der Waals surface area contributed by atoms with Gasteiger partial charge in [0.05, 0.1) is 19.2 Å². The smallest absolute Gasteiger partial charge is 0.333 e. The van der Waals surface area contributed by atoms with Crippen LogP contribution in [0.1, 0.15) is 92.7 Å². The molecule has 0 radical (unpaired) electrons. The number of carbonyl (C=O) groups excluding carboxylic acids is 3. The SMILES string of the molecule is C=C(C)C(=O)OCCOC(=O)CCC(=O)N1CCN(c2ccc(C3(c4ccccc4)C=CC4=C(O3)c3cc(OC)c(N5CCCCC5)cc3C35CC43C(C)(C)c3ccccc35)cc2)CC1. The zero-order valence-electron chi connectivity index (χ0n) is 38.1. The highest BCUT2D eigenvalue weighted by Gasteiger charge is 2.83. The molecule has 4 aromatic rings. The summed E-state index contributed by atoms with van der Waals surface area (Å²) in [5, 5.41) is 0. The Hall–Kier alpha value is -6.29. The van der Waals surface area contributed by atoms with Crippen LogP contribution in [0.25, 0.3) is 5.76 Å². The molecule has 2 saturated heterocycles. The van der Waals surface area contributed by atoms with Gasteiger partial charge in [-0.2, -0.15) is 0 Å². The number of carbonyl (C=O) groups is 3. The molecule has 336 valence electrons. The first-order valence-corrected chi connectivity index (χ1v) is 23.3. The Morgan fingerprint density at radius 2 is 1.42 bits per heavy atom. The molecule has 10 nitrogen and oxygen atoms in total. The molecule has 3 aliphatic heterocycles. The zero-order valence-corrected chi connectivity index (χ0v) is 38.1. The summed E-state index contributed by atoms with van der Waals surface area (Å²) in [7, 11) is 1.80. The van der Waals surface area contributed by atoms with E-state index < -0.39 is 17.5 Å². The Bertz CT molecular complexity index is 2620. The number of anilines is 2. The lowest BCUT2D eigenvalue weighted by Gasteiger charge is -2.45. The Morgan fingerprint density at radius 3 is 2.12 bits per heavy atom. The fraction of sp³-hybridized carbons (Fsp3) is 0.400. The molecule has 10 rings (SSSR count). The predicted molar refractivity (Wildman–Crippen MR) is 252 cm³/mol. The molecule has 65 heavy (non-hydrogen) atoms. The molecule has 3 unspecified atom stereocenters. The number of ether oxygens (including phenoxy) is 4. The van der Waals surface area contributed by atoms with Crippen LogP contribution in [0.15, 0.2) is 121 Å². The molecule has 1 saturated carbocycles. The second-order valence-electron chi connectivity index (χ2n) is 19.1. The molecule has 3 fully saturated rings. The van der Waals surface area contributed by atoms with Crippen molar-refractivity contribution in [2.24, 2.45) is 5.41 Å². The number of rotatable bonds is 12. The molecule has 3 atom stereocenters. The van der Waals surface area contributed by atoms with Crippen LogP contribution >= 0.6 is 0 Å². The normalized spacial score (nSPS) is 24.4. The van der Waals surface area contributed by atoms with Crippen molar-refractivity contribution < 1.29 is 33.3 Å². The van der Waals surface area contributed by atoms with E-state index in [4.69, 9.17) is 18.9 Å². The van der Waals surface area contributed by atoms with Gasteiger partial charge in [0, 0.05) is 95.5 Å². The van der Waals surface area contributed by atoms with Crippen molar-refractivity contribution in [1.82, 2.24) is 4.90 Å². The Labute approximate surface area is 382 Å². The second-order valence-corrected chi connectivity index (χ2v) is 19.1. The van der Waals surface area contributed by atoms with Gasteiger partial charge in [0.25, 0.3) is 0 Å². The first-order chi connectivity index (χ1) is 31.4. The van der Waals surface area contributed by atoms with Crippen LogP contribution in [0.2, 0.25) is 0 Å². The number of piperazine rings is 1. The summed E-state index contributed by atoms with van der Waals surface area (Å²) in [4.78, 5) is 43.5. The van der Waals surface area contributed by atoms with Gasteiger partial charge in [-0.1, -0.05) is 93.2 Å². The molecule has 1 amide bonds. The van der Waals surface area contributed by atoms with Gasteiger partial charge in [-0.15, -0.1) is 0 Å². The number of esters is 2. The van der Waals surface area contributed by atoms with Crippen molar-refractivity contribution in [3.05, 3.63) is 154 Å². The van der Waals surface area contributed by atoms with E-state index in [1.165, 1.54) is 47.2 Å². The van der Waals surface area contributed by atoms with E-state index in [1.807, 2.05) is 4.90 Å². The third-order valence-electron chi connectivity index (χ3n) is 15.4. The second kappa shape index (κ2) is 16.3. The average Bonchev–Trinajstić information content (AvgIpc) is 4.05. The largest absolute Gasteiger partial charge is 0.495 e. The molecular formula is C55H59N3O7. The van der Waals surface area contributed by atoms with Gasteiger partial charge >= 0.3 is 11.9 Å². The van der Waals surface area contributed by atoms with Crippen molar-refractivity contribution >= 4 is 35.0 Å². The van der Waals surface area contributed by atoms with Gasteiger partial charge in [0.2, 0.25) is 5.91 Å². The molecular weight excluding hydrogens is 815 g/mol. The van der Waals surface area contributed by atoms with E-state index in [-0.39, 0.29) is 53.8 Å². The molecule has 0 spiro atoms. The zero-order chi connectivity index (χ0) is 45.1. The first kappa shape index (κ1) is 42.6. The van der Waals surface area contributed by atoms with E-state index >= 15 is 0 Å². The lowest BCUT2D eigenvalue weighted by atomic mass is 9.64. The Kier molecular flexibility index (Phi) is 10.7. The Morgan fingerprint density at radius 1 is 0.738 bits per heavy atom. The van der Waals surface area contributed by atoms with Gasteiger partial charge in [0.1, 0.15) is 24.7 Å². The van der Waals surface area contributed by atoms with Gasteiger partial charge in [0.15, 0.2) is 5.60 Å². The van der Waals surface area contributed by atoms with Crippen LogP contribution in [0, 0.1) is 5.41 Å². The van der Waals surface area contributed by atoms with E-state index in [1.54, 1.807) is 14.0 Å². The van der Waals surface area contributed by atoms with Crippen LogP contribution in [-0.4, -0.2) is 82.3 Å². The summed E-state index contributed by atoms with van der Waals surface area (Å²) >= 11 is 0. The summed E-state index contributed by atoms with van der Waals surface area (Å²) < 4.78 is 24.2. The number of benzene rings is 4. The maximum atomic E-state index is 13.1. The van der Waals surface area contributed by atoms with Gasteiger partial charge in [-0.05, 0) is 79.6 Å². The van der Waals surface area contributed by atoms with Crippen LogP contribution in [0.3, 0.4) is 0 Å². The third-order valence-corrected chi connectivity index (χ3v) is 15.4. The molecule has 6 aliphatic rings. The number of hydrogen-bond donors (Lipinski definition) is 0. The van der Waals surface area contributed by atoms with Crippen LogP contribution in [0.5, 0.6) is 5.75 Å². The summed E-state index contributed by atoms with van der Waals surface area (Å²) in [5.41, 5.74) is 9.85. The Balaban J connectivity index is 0.919. The first-order valence-electron chi connectivity index (χ1n) is 23.3. The molecule has 0 N–H and O–H groups in total. The predicted octanol–water partition coefficient (Wildman–Crippen LogP) is 9.00. The van der Waals surface area contributed by atoms with E-state index in [2.05, 4.69) is 133 Å². The maximum absolute atomic E-state index is 13.1. The van der Waals surface area contributed by atoms with Gasteiger partial charge in [-0.3, -0.25) is 9.59 Å². The minimum Gasteiger partial charge on any atom is -0.495 e. The summed E-state index contributed by atoms with van der Waals surface area (Å²) in [6.07, 6.45) is 9.40. The molecule has 0 bridgehead atoms. The highest BCUT2D eigenvalue weighted by molar-refractivity contribution is 5.89. The quantitative estimate of drug-likeness (QED) is 0.0785. The van der Waals surface area contributed by atoms with Gasteiger partial charge in [-0.25, -0.2) is 4.79 Å². The van der Waals surface area contributed by atoms with E-state index in [0.717, 1.165) is 53.4 Å². The maximum Gasteiger partial charge on any atom is 0.333 e. The fourth-order valence-corrected chi connectivity index (χ4v) is 12.1. The average molecular weight is 874 g/mol. The fourth-order valence-electron chi connectivity index (χ4n) is 12.1.